The molecule has 0 N–H and O–H groups in total. The molecule has 0 radical (unpaired) electrons. The number of rotatable bonds is 7. The molecule has 4 aromatic rings. The highest BCUT2D eigenvalue weighted by Crippen LogP contribution is 2.32. The third kappa shape index (κ3) is 4.84. The fraction of sp³-hybridized carbons (Fsp3) is 0.238. The van der Waals surface area contributed by atoms with Crippen molar-refractivity contribution in [1.82, 2.24) is 34.1 Å². The molecule has 0 saturated heterocycles. The predicted octanol–water partition coefficient (Wildman–Crippen LogP) is 3.16. The number of alkyl halides is 4. The Morgan fingerprint density at radius 1 is 1.14 bits per heavy atom. The minimum absolute atomic E-state index is 0.131. The number of hydrogen-bond donors (Lipinski definition) is 0. The standard InChI is InChI=1S/C21H16ClF4N7O3/c1-36-19(34)18-28-15(29-33(18)17-14(21(24,25)26)3-2-9-27-17)11-32-20(35)31(10-8-23)16(30-32)12-4-6-13(22)7-5-12/h2-7,9H,8,10-11H2,1H3. The predicted molar refractivity (Wildman–Crippen MR) is 118 cm³/mol. The number of benzene rings is 1. The van der Waals surface area contributed by atoms with Gasteiger partial charge in [-0.3, -0.25) is 4.57 Å². The monoisotopic (exact) mass is 525 g/mol. The molecule has 0 saturated carbocycles. The lowest BCUT2D eigenvalue weighted by atomic mass is 10.2. The molecule has 36 heavy (non-hydrogen) atoms. The van der Waals surface area contributed by atoms with E-state index >= 15 is 0 Å². The first-order chi connectivity index (χ1) is 17.1. The third-order valence-corrected chi connectivity index (χ3v) is 5.19. The van der Waals surface area contributed by atoms with E-state index in [1.54, 1.807) is 24.3 Å². The molecule has 1 aromatic carbocycles. The zero-order chi connectivity index (χ0) is 26.0. The largest absolute Gasteiger partial charge is 0.463 e. The molecule has 3 heterocycles. The van der Waals surface area contributed by atoms with Crippen molar-refractivity contribution in [3.05, 3.63) is 75.3 Å². The number of aromatic nitrogens is 7. The van der Waals surface area contributed by atoms with Crippen LogP contribution in [0.25, 0.3) is 17.2 Å². The number of carbonyl (C=O) groups excluding carboxylic acids is 1. The lowest BCUT2D eigenvalue weighted by Gasteiger charge is -2.11. The number of pyridine rings is 1. The molecule has 15 heteroatoms. The maximum atomic E-state index is 13.5. The number of halogens is 5. The van der Waals surface area contributed by atoms with Gasteiger partial charge in [-0.1, -0.05) is 11.6 Å². The Kier molecular flexibility index (Phi) is 6.88. The van der Waals surface area contributed by atoms with Gasteiger partial charge in [0.1, 0.15) is 18.8 Å². The summed E-state index contributed by atoms with van der Waals surface area (Å²) >= 11 is 5.90. The highest BCUT2D eigenvalue weighted by Gasteiger charge is 2.36. The van der Waals surface area contributed by atoms with Gasteiger partial charge >= 0.3 is 17.8 Å². The lowest BCUT2D eigenvalue weighted by molar-refractivity contribution is -0.137. The fourth-order valence-corrected chi connectivity index (χ4v) is 3.48. The second-order valence-corrected chi connectivity index (χ2v) is 7.68. The maximum Gasteiger partial charge on any atom is 0.420 e. The molecule has 3 aromatic heterocycles. The first-order valence-electron chi connectivity index (χ1n) is 10.2. The van der Waals surface area contributed by atoms with Crippen LogP contribution in [0.2, 0.25) is 5.02 Å². The van der Waals surface area contributed by atoms with Gasteiger partial charge in [0.05, 0.1) is 13.7 Å². The second kappa shape index (κ2) is 9.89. The van der Waals surface area contributed by atoms with Crippen LogP contribution < -0.4 is 5.69 Å². The van der Waals surface area contributed by atoms with Crippen LogP contribution in [0.5, 0.6) is 0 Å². The van der Waals surface area contributed by atoms with Crippen molar-refractivity contribution in [2.45, 2.75) is 19.3 Å². The van der Waals surface area contributed by atoms with Crippen LogP contribution >= 0.6 is 11.6 Å². The van der Waals surface area contributed by atoms with Crippen molar-refractivity contribution in [3.63, 3.8) is 0 Å². The molecule has 10 nitrogen and oxygen atoms in total. The molecule has 0 spiro atoms. The van der Waals surface area contributed by atoms with Gasteiger partial charge < -0.3 is 4.74 Å². The molecule has 4 rings (SSSR count). The first kappa shape index (κ1) is 25.0. The van der Waals surface area contributed by atoms with Crippen LogP contribution in [0.15, 0.2) is 47.4 Å². The molecule has 188 valence electrons. The highest BCUT2D eigenvalue weighted by atomic mass is 35.5. The first-order valence-corrected chi connectivity index (χ1v) is 10.6. The lowest BCUT2D eigenvalue weighted by Crippen LogP contribution is -2.26. The molecule has 0 unspecified atom stereocenters. The van der Waals surface area contributed by atoms with Crippen LogP contribution in [0.1, 0.15) is 22.0 Å². The van der Waals surface area contributed by atoms with Gasteiger partial charge in [-0.15, -0.1) is 10.2 Å². The van der Waals surface area contributed by atoms with E-state index in [2.05, 4.69) is 24.9 Å². The van der Waals surface area contributed by atoms with Gasteiger partial charge in [0.15, 0.2) is 17.5 Å². The Morgan fingerprint density at radius 2 is 1.86 bits per heavy atom. The topological polar surface area (TPSA) is 110 Å². The Balaban J connectivity index is 1.80. The van der Waals surface area contributed by atoms with Gasteiger partial charge in [0.2, 0.25) is 5.82 Å². The SMILES string of the molecule is COC(=O)c1nc(Cn2nc(-c3ccc(Cl)cc3)n(CCF)c2=O)nn1-c1ncccc1C(F)(F)F. The Labute approximate surface area is 204 Å². The normalized spacial score (nSPS) is 11.6. The maximum absolute atomic E-state index is 13.5. The van der Waals surface area contributed by atoms with E-state index in [0.717, 1.165) is 34.7 Å². The molecule has 0 amide bonds. The van der Waals surface area contributed by atoms with Crippen molar-refractivity contribution in [2.75, 3.05) is 13.8 Å². The fourth-order valence-electron chi connectivity index (χ4n) is 3.36. The van der Waals surface area contributed by atoms with Gasteiger partial charge in [0, 0.05) is 16.8 Å². The van der Waals surface area contributed by atoms with E-state index in [-0.39, 0.29) is 18.2 Å². The van der Waals surface area contributed by atoms with Crippen molar-refractivity contribution < 1.29 is 27.1 Å². The van der Waals surface area contributed by atoms with E-state index in [4.69, 9.17) is 11.6 Å². The molecule has 0 aliphatic heterocycles. The van der Waals surface area contributed by atoms with Gasteiger partial charge in [-0.25, -0.2) is 28.6 Å². The molecule has 0 bridgehead atoms. The number of methoxy groups -OCH3 is 1. The average molecular weight is 526 g/mol. The Morgan fingerprint density at radius 3 is 2.50 bits per heavy atom. The summed E-state index contributed by atoms with van der Waals surface area (Å²) in [5.41, 5.74) is -1.41. The zero-order valence-corrected chi connectivity index (χ0v) is 19.2. The summed E-state index contributed by atoms with van der Waals surface area (Å²) in [6.07, 6.45) is -3.72. The number of hydrogen-bond acceptors (Lipinski definition) is 7. The van der Waals surface area contributed by atoms with E-state index in [1.165, 1.54) is 0 Å². The molecule has 0 aliphatic carbocycles. The summed E-state index contributed by atoms with van der Waals surface area (Å²) in [6, 6.07) is 8.16. The van der Waals surface area contributed by atoms with E-state index in [9.17, 15) is 27.2 Å². The molecular weight excluding hydrogens is 510 g/mol. The Hall–Kier alpha value is -4.07. The van der Waals surface area contributed by atoms with Crippen molar-refractivity contribution in [3.8, 4) is 17.2 Å². The average Bonchev–Trinajstić information content (AvgIpc) is 3.41. The van der Waals surface area contributed by atoms with E-state index in [1.807, 2.05) is 0 Å². The summed E-state index contributed by atoms with van der Waals surface area (Å²) < 4.78 is 61.0. The summed E-state index contributed by atoms with van der Waals surface area (Å²) in [7, 11) is 1.02. The minimum Gasteiger partial charge on any atom is -0.463 e. The quantitative estimate of drug-likeness (QED) is 0.269. The van der Waals surface area contributed by atoms with Crippen molar-refractivity contribution in [2.24, 2.45) is 0 Å². The highest BCUT2D eigenvalue weighted by molar-refractivity contribution is 6.30. The molecule has 0 aliphatic rings. The summed E-state index contributed by atoms with van der Waals surface area (Å²) in [4.78, 5) is 32.8. The summed E-state index contributed by atoms with van der Waals surface area (Å²) in [6.45, 7) is -1.59. The van der Waals surface area contributed by atoms with Gasteiger partial charge in [0.25, 0.3) is 0 Å². The Bertz CT molecular complexity index is 1460. The number of carbonyl (C=O) groups is 1. The van der Waals surface area contributed by atoms with E-state index in [0.29, 0.717) is 15.3 Å². The smallest absolute Gasteiger partial charge is 0.420 e. The number of nitrogens with zero attached hydrogens (tertiary/aromatic N) is 7. The van der Waals surface area contributed by atoms with Crippen LogP contribution in [0.4, 0.5) is 17.6 Å². The molecular formula is C21H16ClF4N7O3. The molecule has 0 atom stereocenters. The minimum atomic E-state index is -4.81. The van der Waals surface area contributed by atoms with Crippen LogP contribution in [-0.2, 0) is 24.0 Å². The molecule has 0 fully saturated rings. The zero-order valence-electron chi connectivity index (χ0n) is 18.4. The third-order valence-electron chi connectivity index (χ3n) is 4.94. The number of esters is 1. The van der Waals surface area contributed by atoms with Crippen LogP contribution in [0, 0.1) is 0 Å². The summed E-state index contributed by atoms with van der Waals surface area (Å²) in [5, 5.41) is 8.62. The van der Waals surface area contributed by atoms with Crippen molar-refractivity contribution >= 4 is 17.6 Å². The van der Waals surface area contributed by atoms with Crippen LogP contribution in [0.3, 0.4) is 0 Å². The summed E-state index contributed by atoms with van der Waals surface area (Å²) in [5.74, 6) is -2.48. The van der Waals surface area contributed by atoms with Gasteiger partial charge in [-0.2, -0.15) is 17.9 Å². The van der Waals surface area contributed by atoms with E-state index < -0.39 is 48.3 Å². The van der Waals surface area contributed by atoms with Crippen molar-refractivity contribution in [1.29, 1.82) is 0 Å². The second-order valence-electron chi connectivity index (χ2n) is 7.24. The van der Waals surface area contributed by atoms with Crippen LogP contribution in [-0.4, -0.2) is 53.8 Å². The van der Waals surface area contributed by atoms with Gasteiger partial charge in [-0.05, 0) is 36.4 Å². The number of ether oxygens (including phenoxy) is 1.